The molecule has 0 radical (unpaired) electrons. The highest BCUT2D eigenvalue weighted by atomic mass is 32.2. The van der Waals surface area contributed by atoms with E-state index in [4.69, 9.17) is 9.47 Å². The largest absolute Gasteiger partial charge is 0.467 e. The predicted molar refractivity (Wildman–Crippen MR) is 96.1 cm³/mol. The number of hydrogen-bond donors (Lipinski definition) is 1. The van der Waals surface area contributed by atoms with Crippen molar-refractivity contribution in [3.8, 4) is 0 Å². The van der Waals surface area contributed by atoms with E-state index in [-0.39, 0.29) is 6.10 Å². The fraction of sp³-hybridized carbons (Fsp3) is 0.882. The Bertz CT molecular complexity index is 580. The first-order valence-corrected chi connectivity index (χ1v) is 11.1. The first-order chi connectivity index (χ1) is 12.3. The molecule has 2 aliphatic rings. The van der Waals surface area contributed by atoms with Crippen molar-refractivity contribution in [2.24, 2.45) is 5.92 Å². The van der Waals surface area contributed by atoms with E-state index in [0.29, 0.717) is 38.3 Å². The minimum absolute atomic E-state index is 0.333. The monoisotopic (exact) mass is 390 g/mol. The number of nitrogens with one attached hydrogen (secondary N) is 1. The van der Waals surface area contributed by atoms with E-state index in [1.165, 1.54) is 24.1 Å². The van der Waals surface area contributed by atoms with Crippen molar-refractivity contribution in [2.75, 3.05) is 26.5 Å². The number of esters is 1. The molecule has 1 aliphatic carbocycles. The number of sulfonamides is 1. The molecular formula is C17H30N2O6S. The molecule has 1 saturated carbocycles. The second-order valence-electron chi connectivity index (χ2n) is 7.23. The lowest BCUT2D eigenvalue weighted by molar-refractivity contribution is -0.143. The zero-order chi connectivity index (χ0) is 19.2. The molecule has 26 heavy (non-hydrogen) atoms. The minimum atomic E-state index is -3.21. The Hall–Kier alpha value is -1.35. The molecule has 8 nitrogen and oxygen atoms in total. The van der Waals surface area contributed by atoms with Crippen LogP contribution in [0.4, 0.5) is 4.79 Å². The van der Waals surface area contributed by atoms with Gasteiger partial charge in [-0.1, -0.05) is 32.1 Å². The summed E-state index contributed by atoms with van der Waals surface area (Å²) in [4.78, 5) is 24.2. The molecule has 0 aromatic rings. The molecule has 0 aromatic carbocycles. The number of piperidine rings is 1. The minimum Gasteiger partial charge on any atom is -0.467 e. The average Bonchev–Trinajstić information content (AvgIpc) is 2.61. The van der Waals surface area contributed by atoms with Crippen LogP contribution >= 0.6 is 0 Å². The van der Waals surface area contributed by atoms with E-state index in [2.05, 4.69) is 5.32 Å². The van der Waals surface area contributed by atoms with Crippen molar-refractivity contribution in [1.29, 1.82) is 0 Å². The van der Waals surface area contributed by atoms with Crippen molar-refractivity contribution in [1.82, 2.24) is 9.62 Å². The van der Waals surface area contributed by atoms with Crippen molar-refractivity contribution in [2.45, 2.75) is 63.5 Å². The van der Waals surface area contributed by atoms with Gasteiger partial charge in [0.15, 0.2) is 0 Å². The number of carbonyl (C=O) groups is 2. The van der Waals surface area contributed by atoms with Crippen LogP contribution in [0, 0.1) is 5.92 Å². The zero-order valence-corrected chi connectivity index (χ0v) is 16.4. The fourth-order valence-corrected chi connectivity index (χ4v) is 4.60. The molecule has 2 fully saturated rings. The van der Waals surface area contributed by atoms with Gasteiger partial charge >= 0.3 is 12.1 Å². The highest BCUT2D eigenvalue weighted by Gasteiger charge is 2.30. The maximum Gasteiger partial charge on any atom is 0.408 e. The van der Waals surface area contributed by atoms with E-state index in [1.807, 2.05) is 0 Å². The van der Waals surface area contributed by atoms with Crippen LogP contribution in [0.25, 0.3) is 0 Å². The van der Waals surface area contributed by atoms with Crippen LogP contribution in [0.15, 0.2) is 0 Å². The van der Waals surface area contributed by atoms with Crippen LogP contribution < -0.4 is 5.32 Å². The second kappa shape index (κ2) is 9.55. The van der Waals surface area contributed by atoms with E-state index in [1.54, 1.807) is 0 Å². The van der Waals surface area contributed by atoms with E-state index < -0.39 is 28.1 Å². The average molecular weight is 391 g/mol. The fourth-order valence-electron chi connectivity index (χ4n) is 3.72. The van der Waals surface area contributed by atoms with Crippen molar-refractivity contribution in [3.05, 3.63) is 0 Å². The van der Waals surface area contributed by atoms with Gasteiger partial charge in [0.1, 0.15) is 12.1 Å². The highest BCUT2D eigenvalue weighted by Crippen LogP contribution is 2.27. The van der Waals surface area contributed by atoms with Crippen LogP contribution in [0.2, 0.25) is 0 Å². The molecule has 0 bridgehead atoms. The molecular weight excluding hydrogens is 360 g/mol. The van der Waals surface area contributed by atoms with Gasteiger partial charge in [0.25, 0.3) is 0 Å². The first kappa shape index (κ1) is 21.0. The summed E-state index contributed by atoms with van der Waals surface area (Å²) in [5.74, 6) is -0.0504. The maximum absolute atomic E-state index is 12.2. The van der Waals surface area contributed by atoms with Crippen LogP contribution in [-0.4, -0.2) is 63.4 Å². The molecule has 9 heteroatoms. The molecule has 0 aromatic heterocycles. The van der Waals surface area contributed by atoms with Gasteiger partial charge in [0.2, 0.25) is 10.0 Å². The molecule has 1 aliphatic heterocycles. The predicted octanol–water partition coefficient (Wildman–Crippen LogP) is 1.65. The van der Waals surface area contributed by atoms with Gasteiger partial charge < -0.3 is 14.8 Å². The normalized spacial score (nSPS) is 21.8. The Labute approximate surface area is 155 Å². The van der Waals surface area contributed by atoms with Gasteiger partial charge in [-0.15, -0.1) is 0 Å². The summed E-state index contributed by atoms with van der Waals surface area (Å²) in [7, 11) is -1.90. The molecule has 1 heterocycles. The molecule has 1 unspecified atom stereocenters. The molecule has 150 valence electrons. The van der Waals surface area contributed by atoms with Crippen LogP contribution in [0.3, 0.4) is 0 Å². The standard InChI is InChI=1S/C17H30N2O6S/c1-24-16(20)15(12-13-6-4-3-5-7-13)18-17(21)25-14-8-10-19(11-9-14)26(2,22)23/h13-15H,3-12H2,1-2H3,(H,18,21). The number of hydrogen-bond acceptors (Lipinski definition) is 6. The highest BCUT2D eigenvalue weighted by molar-refractivity contribution is 7.88. The Morgan fingerprint density at radius 1 is 1.12 bits per heavy atom. The summed E-state index contributed by atoms with van der Waals surface area (Å²) in [5.41, 5.74) is 0. The second-order valence-corrected chi connectivity index (χ2v) is 9.21. The third-order valence-electron chi connectivity index (χ3n) is 5.22. The number of rotatable bonds is 6. The summed E-state index contributed by atoms with van der Waals surface area (Å²) >= 11 is 0. The summed E-state index contributed by atoms with van der Waals surface area (Å²) in [5, 5.41) is 2.64. The number of ether oxygens (including phenoxy) is 2. The lowest BCUT2D eigenvalue weighted by atomic mass is 9.85. The molecule has 2 rings (SSSR count). The van der Waals surface area contributed by atoms with Crippen LogP contribution in [0.1, 0.15) is 51.4 Å². The van der Waals surface area contributed by atoms with Gasteiger partial charge in [-0.2, -0.15) is 0 Å². The maximum atomic E-state index is 12.2. The van der Waals surface area contributed by atoms with Crippen molar-refractivity contribution in [3.63, 3.8) is 0 Å². The van der Waals surface area contributed by atoms with E-state index in [9.17, 15) is 18.0 Å². The summed E-state index contributed by atoms with van der Waals surface area (Å²) in [6.45, 7) is 0.665. The SMILES string of the molecule is COC(=O)C(CC1CCCCC1)NC(=O)OC1CCN(S(C)(=O)=O)CC1. The number of nitrogens with zero attached hydrogens (tertiary/aromatic N) is 1. The van der Waals surface area contributed by atoms with Gasteiger partial charge in [0.05, 0.1) is 13.4 Å². The summed E-state index contributed by atoms with van der Waals surface area (Å²) in [6.07, 6.45) is 7.31. The Balaban J connectivity index is 1.82. The van der Waals surface area contributed by atoms with Crippen molar-refractivity contribution >= 4 is 22.1 Å². The van der Waals surface area contributed by atoms with Crippen LogP contribution in [-0.2, 0) is 24.3 Å². The Kier molecular flexibility index (Phi) is 7.69. The third-order valence-corrected chi connectivity index (χ3v) is 6.52. The summed E-state index contributed by atoms with van der Waals surface area (Å²) in [6, 6.07) is -0.702. The quantitative estimate of drug-likeness (QED) is 0.692. The summed E-state index contributed by atoms with van der Waals surface area (Å²) < 4.78 is 34.6. The smallest absolute Gasteiger partial charge is 0.408 e. The zero-order valence-electron chi connectivity index (χ0n) is 15.6. The lowest BCUT2D eigenvalue weighted by Crippen LogP contribution is -2.46. The number of amides is 1. The topological polar surface area (TPSA) is 102 Å². The Morgan fingerprint density at radius 3 is 2.27 bits per heavy atom. The van der Waals surface area contributed by atoms with Gasteiger partial charge in [0, 0.05) is 13.1 Å². The molecule has 1 atom stereocenters. The molecule has 1 saturated heterocycles. The number of methoxy groups -OCH3 is 1. The van der Waals surface area contributed by atoms with Crippen molar-refractivity contribution < 1.29 is 27.5 Å². The van der Waals surface area contributed by atoms with E-state index in [0.717, 1.165) is 25.7 Å². The molecule has 0 spiro atoms. The lowest BCUT2D eigenvalue weighted by Gasteiger charge is -2.30. The first-order valence-electron chi connectivity index (χ1n) is 9.29. The number of carbonyl (C=O) groups excluding carboxylic acids is 2. The van der Waals surface area contributed by atoms with E-state index >= 15 is 0 Å². The molecule has 1 amide bonds. The number of alkyl carbamates (subject to hydrolysis) is 1. The molecule has 1 N–H and O–H groups in total. The van der Waals surface area contributed by atoms with Gasteiger partial charge in [-0.3, -0.25) is 0 Å². The van der Waals surface area contributed by atoms with Gasteiger partial charge in [-0.25, -0.2) is 22.3 Å². The van der Waals surface area contributed by atoms with Crippen LogP contribution in [0.5, 0.6) is 0 Å². The van der Waals surface area contributed by atoms with Gasteiger partial charge in [-0.05, 0) is 25.2 Å². The Morgan fingerprint density at radius 2 is 1.73 bits per heavy atom. The third kappa shape index (κ3) is 6.42.